The topological polar surface area (TPSA) is 108 Å². The Hall–Kier alpha value is -3.47. The third-order valence-electron chi connectivity index (χ3n) is 5.01. The number of thiazole rings is 1. The van der Waals surface area contributed by atoms with Crippen LogP contribution in [0.2, 0.25) is 0 Å². The molecule has 1 aromatic carbocycles. The second kappa shape index (κ2) is 7.75. The van der Waals surface area contributed by atoms with E-state index in [1.54, 1.807) is 11.6 Å². The highest BCUT2D eigenvalue weighted by atomic mass is 32.1. The number of carbonyl (C=O) groups excluding carboxylic acids is 1. The molecule has 0 aliphatic rings. The molecule has 0 atom stereocenters. The van der Waals surface area contributed by atoms with Crippen molar-refractivity contribution in [2.24, 2.45) is 26.2 Å². The number of nitrogens with one attached hydrogen (secondary N) is 1. The van der Waals surface area contributed by atoms with Crippen molar-refractivity contribution in [3.05, 3.63) is 56.2 Å². The fraction of sp³-hybridized carbons (Fsp3) is 0.316. The predicted octanol–water partition coefficient (Wildman–Crippen LogP) is 0.399. The van der Waals surface area contributed by atoms with E-state index in [1.807, 2.05) is 35.9 Å². The minimum absolute atomic E-state index is 0.211. The summed E-state index contributed by atoms with van der Waals surface area (Å²) in [4.78, 5) is 41.5. The lowest BCUT2D eigenvalue weighted by molar-refractivity contribution is -0.121. The molecule has 1 N–H and O–H groups in total. The third-order valence-corrected chi connectivity index (χ3v) is 6.12. The summed E-state index contributed by atoms with van der Waals surface area (Å²) in [5.41, 5.74) is 3.51. The average molecular weight is 427 g/mol. The van der Waals surface area contributed by atoms with Crippen molar-refractivity contribution in [3.8, 4) is 0 Å². The molecule has 156 valence electrons. The fourth-order valence-corrected chi connectivity index (χ4v) is 4.31. The monoisotopic (exact) mass is 427 g/mol. The van der Waals surface area contributed by atoms with Crippen molar-refractivity contribution in [1.82, 2.24) is 28.7 Å². The molecule has 0 fully saturated rings. The van der Waals surface area contributed by atoms with Gasteiger partial charge in [0.1, 0.15) is 0 Å². The molecule has 0 aliphatic heterocycles. The van der Waals surface area contributed by atoms with E-state index in [2.05, 4.69) is 15.5 Å². The van der Waals surface area contributed by atoms with E-state index in [0.29, 0.717) is 28.9 Å². The number of para-hydroxylation sites is 1. The van der Waals surface area contributed by atoms with Crippen molar-refractivity contribution in [1.29, 1.82) is 0 Å². The molecule has 3 heterocycles. The summed E-state index contributed by atoms with van der Waals surface area (Å²) in [5.74, 6) is -0.211. The van der Waals surface area contributed by atoms with E-state index in [1.165, 1.54) is 29.3 Å². The Morgan fingerprint density at radius 2 is 1.90 bits per heavy atom. The van der Waals surface area contributed by atoms with Crippen molar-refractivity contribution >= 4 is 38.6 Å². The van der Waals surface area contributed by atoms with Gasteiger partial charge in [-0.05, 0) is 18.6 Å². The molecule has 0 bridgehead atoms. The van der Waals surface area contributed by atoms with Gasteiger partial charge in [-0.1, -0.05) is 23.5 Å². The number of benzene rings is 1. The minimum atomic E-state index is -0.423. The quantitative estimate of drug-likeness (QED) is 0.465. The normalized spacial score (nSPS) is 12.2. The van der Waals surface area contributed by atoms with Crippen LogP contribution < -0.4 is 21.5 Å². The highest BCUT2D eigenvalue weighted by Crippen LogP contribution is 2.15. The van der Waals surface area contributed by atoms with Gasteiger partial charge in [0.05, 0.1) is 16.5 Å². The first-order valence-corrected chi connectivity index (χ1v) is 10.2. The number of nitrogens with zero attached hydrogens (tertiary/aromatic N) is 6. The van der Waals surface area contributed by atoms with Crippen molar-refractivity contribution < 1.29 is 4.79 Å². The zero-order valence-electron chi connectivity index (χ0n) is 16.8. The Balaban J connectivity index is 1.45. The molecular weight excluding hydrogens is 406 g/mol. The number of hydrogen-bond acceptors (Lipinski definition) is 6. The zero-order chi connectivity index (χ0) is 21.4. The lowest BCUT2D eigenvalue weighted by Crippen LogP contribution is -2.37. The van der Waals surface area contributed by atoms with Crippen molar-refractivity contribution in [2.45, 2.75) is 19.4 Å². The standard InChI is InChI=1S/C19H21N7O3S/c1-23-12-7-4-5-8-13(12)30-18(23)22-21-14(27)9-6-10-26-11-20-16-15(26)17(28)25(3)19(29)24(16)2/h4-5,7-8,11H,6,9-10H2,1-3H3,(H,21,27)/b22-18-. The second-order valence-electron chi connectivity index (χ2n) is 6.98. The van der Waals surface area contributed by atoms with E-state index in [0.717, 1.165) is 14.8 Å². The molecule has 0 radical (unpaired) electrons. The van der Waals surface area contributed by atoms with Gasteiger partial charge in [0.15, 0.2) is 11.2 Å². The summed E-state index contributed by atoms with van der Waals surface area (Å²) in [7, 11) is 4.91. The molecule has 4 aromatic rings. The predicted molar refractivity (Wildman–Crippen MR) is 114 cm³/mol. The Kier molecular flexibility index (Phi) is 5.12. The number of amides is 1. The molecule has 4 rings (SSSR count). The molecule has 10 nitrogen and oxygen atoms in total. The van der Waals surface area contributed by atoms with Crippen LogP contribution in [0.3, 0.4) is 0 Å². The van der Waals surface area contributed by atoms with Gasteiger partial charge in [-0.25, -0.2) is 15.2 Å². The van der Waals surface area contributed by atoms with E-state index in [4.69, 9.17) is 0 Å². The number of carbonyl (C=O) groups is 1. The summed E-state index contributed by atoms with van der Waals surface area (Å²) in [6, 6.07) is 7.94. The summed E-state index contributed by atoms with van der Waals surface area (Å²) in [6.07, 6.45) is 2.26. The number of aromatic nitrogens is 5. The molecule has 11 heteroatoms. The maximum atomic E-state index is 12.4. The molecule has 0 aliphatic carbocycles. The summed E-state index contributed by atoms with van der Waals surface area (Å²) in [5, 5.41) is 4.23. The van der Waals surface area contributed by atoms with Crippen LogP contribution in [-0.2, 0) is 32.5 Å². The van der Waals surface area contributed by atoms with Gasteiger partial charge in [-0.15, -0.1) is 5.10 Å². The number of aryl methyl sites for hydroxylation is 3. The summed E-state index contributed by atoms with van der Waals surface area (Å²) in [6.45, 7) is 0.425. The molecule has 3 aromatic heterocycles. The van der Waals surface area contributed by atoms with Crippen LogP contribution in [0.15, 0.2) is 45.3 Å². The maximum Gasteiger partial charge on any atom is 0.332 e. The van der Waals surface area contributed by atoms with E-state index >= 15 is 0 Å². The van der Waals surface area contributed by atoms with Crippen LogP contribution in [0, 0.1) is 0 Å². The second-order valence-corrected chi connectivity index (χ2v) is 7.99. The van der Waals surface area contributed by atoms with Crippen molar-refractivity contribution in [2.75, 3.05) is 0 Å². The lowest BCUT2D eigenvalue weighted by atomic mass is 10.3. The molecule has 0 saturated carbocycles. The molecule has 0 spiro atoms. The average Bonchev–Trinajstić information content (AvgIpc) is 3.31. The van der Waals surface area contributed by atoms with Crippen LogP contribution in [0.4, 0.5) is 0 Å². The Morgan fingerprint density at radius 1 is 1.13 bits per heavy atom. The molecule has 1 amide bonds. The number of fused-ring (bicyclic) bond motifs is 2. The van der Waals surface area contributed by atoms with Gasteiger partial charge >= 0.3 is 5.69 Å². The zero-order valence-corrected chi connectivity index (χ0v) is 17.6. The molecule has 0 unspecified atom stereocenters. The summed E-state index contributed by atoms with van der Waals surface area (Å²) < 4.78 is 7.09. The summed E-state index contributed by atoms with van der Waals surface area (Å²) >= 11 is 1.50. The third kappa shape index (κ3) is 3.36. The molecule has 30 heavy (non-hydrogen) atoms. The number of rotatable bonds is 5. The van der Waals surface area contributed by atoms with Crippen molar-refractivity contribution in [3.63, 3.8) is 0 Å². The van der Waals surface area contributed by atoms with Gasteiger partial charge in [-0.2, -0.15) is 0 Å². The highest BCUT2D eigenvalue weighted by Gasteiger charge is 2.14. The molecular formula is C19H21N7O3S. The first-order chi connectivity index (χ1) is 14.4. The lowest BCUT2D eigenvalue weighted by Gasteiger charge is -2.06. The van der Waals surface area contributed by atoms with Gasteiger partial charge in [-0.3, -0.25) is 18.7 Å². The smallest absolute Gasteiger partial charge is 0.325 e. The fourth-order valence-electron chi connectivity index (χ4n) is 3.33. The van der Waals surface area contributed by atoms with Crippen LogP contribution >= 0.6 is 11.3 Å². The largest absolute Gasteiger partial charge is 0.332 e. The van der Waals surface area contributed by atoms with Gasteiger partial charge < -0.3 is 9.13 Å². The Labute approximate surface area is 174 Å². The van der Waals surface area contributed by atoms with Gasteiger partial charge in [0.2, 0.25) is 10.7 Å². The van der Waals surface area contributed by atoms with E-state index < -0.39 is 11.2 Å². The van der Waals surface area contributed by atoms with Gasteiger partial charge in [0, 0.05) is 34.1 Å². The Bertz CT molecular complexity index is 1450. The SMILES string of the molecule is Cn1c(=O)c2c(ncn2CCCC(=O)N/N=c2\sc3ccccc3n2C)n(C)c1=O. The van der Waals surface area contributed by atoms with Crippen LogP contribution in [-0.4, -0.2) is 29.2 Å². The van der Waals surface area contributed by atoms with Crippen LogP contribution in [0.25, 0.3) is 21.4 Å². The molecule has 0 saturated heterocycles. The number of hydrogen-bond donors (Lipinski definition) is 1. The minimum Gasteiger partial charge on any atom is -0.325 e. The van der Waals surface area contributed by atoms with E-state index in [-0.39, 0.29) is 12.3 Å². The van der Waals surface area contributed by atoms with Crippen LogP contribution in [0.1, 0.15) is 12.8 Å². The maximum absolute atomic E-state index is 12.4. The first-order valence-electron chi connectivity index (χ1n) is 9.36. The van der Waals surface area contributed by atoms with E-state index in [9.17, 15) is 14.4 Å². The Morgan fingerprint density at radius 3 is 2.67 bits per heavy atom. The highest BCUT2D eigenvalue weighted by molar-refractivity contribution is 7.16. The first kappa shape index (κ1) is 19.8. The van der Waals surface area contributed by atoms with Crippen LogP contribution in [0.5, 0.6) is 0 Å². The van der Waals surface area contributed by atoms with Gasteiger partial charge in [0.25, 0.3) is 5.56 Å². The number of imidazole rings is 1.